The Bertz CT molecular complexity index is 182. The van der Waals surface area contributed by atoms with Crippen LogP contribution in [0.3, 0.4) is 0 Å². The largest absolute Gasteiger partial charge is 0.393 e. The third kappa shape index (κ3) is 2.94. The van der Waals surface area contributed by atoms with E-state index in [-0.39, 0.29) is 6.10 Å². The molecule has 14 heavy (non-hydrogen) atoms. The quantitative estimate of drug-likeness (QED) is 0.724. The zero-order valence-electron chi connectivity index (χ0n) is 8.98. The first kappa shape index (κ1) is 10.4. The maximum atomic E-state index is 9.76. The highest BCUT2D eigenvalue weighted by Gasteiger charge is 2.27. The van der Waals surface area contributed by atoms with Gasteiger partial charge in [-0.1, -0.05) is 0 Å². The van der Waals surface area contributed by atoms with Crippen molar-refractivity contribution in [2.24, 2.45) is 11.8 Å². The maximum Gasteiger partial charge on any atom is 0.0624 e. The fourth-order valence-corrected chi connectivity index (χ4v) is 2.18. The predicted molar refractivity (Wildman–Crippen MR) is 55.2 cm³/mol. The van der Waals surface area contributed by atoms with Gasteiger partial charge in [-0.2, -0.15) is 0 Å². The maximum absolute atomic E-state index is 9.76. The van der Waals surface area contributed by atoms with Crippen LogP contribution in [0.4, 0.5) is 0 Å². The highest BCUT2D eigenvalue weighted by atomic mass is 16.5. The molecule has 1 aliphatic heterocycles. The summed E-state index contributed by atoms with van der Waals surface area (Å²) >= 11 is 0. The van der Waals surface area contributed by atoms with Crippen molar-refractivity contribution in [2.75, 3.05) is 33.4 Å². The normalized spacial score (nSPS) is 33.6. The van der Waals surface area contributed by atoms with Crippen LogP contribution in [0.25, 0.3) is 0 Å². The number of nitrogens with zero attached hydrogens (tertiary/aromatic N) is 1. The molecule has 2 atom stereocenters. The van der Waals surface area contributed by atoms with E-state index in [1.165, 1.54) is 19.4 Å². The fraction of sp³-hybridized carbons (Fsp3) is 1.00. The molecule has 0 spiro atoms. The lowest BCUT2D eigenvalue weighted by molar-refractivity contribution is -0.0447. The second-order valence-electron chi connectivity index (χ2n) is 4.86. The van der Waals surface area contributed by atoms with E-state index >= 15 is 0 Å². The molecular formula is C11H21NO2. The van der Waals surface area contributed by atoms with Gasteiger partial charge in [0, 0.05) is 25.6 Å². The molecular weight excluding hydrogens is 178 g/mol. The van der Waals surface area contributed by atoms with Crippen molar-refractivity contribution in [1.82, 2.24) is 4.90 Å². The van der Waals surface area contributed by atoms with Crippen molar-refractivity contribution in [3.8, 4) is 0 Å². The topological polar surface area (TPSA) is 32.7 Å². The van der Waals surface area contributed by atoms with Gasteiger partial charge in [0.2, 0.25) is 0 Å². The molecule has 0 aromatic rings. The Morgan fingerprint density at radius 3 is 2.71 bits per heavy atom. The molecule has 1 N–H and O–H groups in total. The van der Waals surface area contributed by atoms with E-state index in [9.17, 15) is 5.11 Å². The Labute approximate surface area is 86.0 Å². The van der Waals surface area contributed by atoms with E-state index in [4.69, 9.17) is 4.74 Å². The number of hydrogen-bond acceptors (Lipinski definition) is 3. The summed E-state index contributed by atoms with van der Waals surface area (Å²) in [5, 5.41) is 9.76. The fourth-order valence-electron chi connectivity index (χ4n) is 2.18. The highest BCUT2D eigenvalue weighted by molar-refractivity contribution is 4.79. The SMILES string of the molecule is CN(CC1CC1)CC1COCCC1O. The summed E-state index contributed by atoms with van der Waals surface area (Å²) in [6.45, 7) is 3.64. The van der Waals surface area contributed by atoms with E-state index in [0.717, 1.165) is 32.1 Å². The van der Waals surface area contributed by atoms with E-state index in [0.29, 0.717) is 5.92 Å². The van der Waals surface area contributed by atoms with Crippen LogP contribution < -0.4 is 0 Å². The molecule has 3 heteroatoms. The molecule has 0 aromatic carbocycles. The van der Waals surface area contributed by atoms with Crippen LogP contribution in [0.5, 0.6) is 0 Å². The standard InChI is InChI=1S/C11H21NO2/c1-12(6-9-2-3-9)7-10-8-14-5-4-11(10)13/h9-11,13H,2-8H2,1H3. The second-order valence-corrected chi connectivity index (χ2v) is 4.86. The minimum absolute atomic E-state index is 0.148. The first-order valence-corrected chi connectivity index (χ1v) is 5.70. The van der Waals surface area contributed by atoms with Gasteiger partial charge in [-0.05, 0) is 32.2 Å². The Kier molecular flexibility index (Phi) is 3.42. The van der Waals surface area contributed by atoms with E-state index in [2.05, 4.69) is 11.9 Å². The Morgan fingerprint density at radius 2 is 2.07 bits per heavy atom. The summed E-state index contributed by atoms with van der Waals surface area (Å²) in [4.78, 5) is 2.35. The van der Waals surface area contributed by atoms with E-state index < -0.39 is 0 Å². The van der Waals surface area contributed by atoms with Crippen molar-refractivity contribution in [1.29, 1.82) is 0 Å². The molecule has 0 amide bonds. The van der Waals surface area contributed by atoms with Gasteiger partial charge in [0.15, 0.2) is 0 Å². The van der Waals surface area contributed by atoms with Crippen molar-refractivity contribution < 1.29 is 9.84 Å². The van der Waals surface area contributed by atoms with Gasteiger partial charge in [0.25, 0.3) is 0 Å². The molecule has 0 bridgehead atoms. The number of hydrogen-bond donors (Lipinski definition) is 1. The van der Waals surface area contributed by atoms with Crippen LogP contribution in [0.2, 0.25) is 0 Å². The van der Waals surface area contributed by atoms with Crippen LogP contribution in [0, 0.1) is 11.8 Å². The summed E-state index contributed by atoms with van der Waals surface area (Å²) in [5.41, 5.74) is 0. The molecule has 1 saturated heterocycles. The van der Waals surface area contributed by atoms with Crippen LogP contribution in [-0.2, 0) is 4.74 Å². The number of aliphatic hydroxyl groups is 1. The molecule has 2 unspecified atom stereocenters. The molecule has 2 aliphatic rings. The van der Waals surface area contributed by atoms with Gasteiger partial charge in [0.1, 0.15) is 0 Å². The second kappa shape index (κ2) is 4.60. The van der Waals surface area contributed by atoms with Crippen molar-refractivity contribution in [3.05, 3.63) is 0 Å². The summed E-state index contributed by atoms with van der Waals surface area (Å²) in [7, 11) is 2.15. The number of rotatable bonds is 4. The van der Waals surface area contributed by atoms with Crippen molar-refractivity contribution in [3.63, 3.8) is 0 Å². The third-order valence-electron chi connectivity index (χ3n) is 3.25. The van der Waals surface area contributed by atoms with Gasteiger partial charge in [0.05, 0.1) is 12.7 Å². The number of aliphatic hydroxyl groups excluding tert-OH is 1. The molecule has 1 aliphatic carbocycles. The predicted octanol–water partition coefficient (Wildman–Crippen LogP) is 0.726. The minimum atomic E-state index is -0.148. The average molecular weight is 199 g/mol. The van der Waals surface area contributed by atoms with Crippen molar-refractivity contribution in [2.45, 2.75) is 25.4 Å². The zero-order chi connectivity index (χ0) is 9.97. The number of ether oxygens (including phenoxy) is 1. The molecule has 1 heterocycles. The smallest absolute Gasteiger partial charge is 0.0624 e. The monoisotopic (exact) mass is 199 g/mol. The zero-order valence-corrected chi connectivity index (χ0v) is 8.98. The molecule has 2 rings (SSSR count). The minimum Gasteiger partial charge on any atom is -0.393 e. The Hall–Kier alpha value is -0.120. The van der Waals surface area contributed by atoms with Crippen LogP contribution in [0.15, 0.2) is 0 Å². The average Bonchev–Trinajstić information content (AvgIpc) is 2.93. The van der Waals surface area contributed by atoms with Crippen molar-refractivity contribution >= 4 is 0 Å². The van der Waals surface area contributed by atoms with E-state index in [1.807, 2.05) is 0 Å². The summed E-state index contributed by atoms with van der Waals surface area (Å²) in [6.07, 6.45) is 3.45. The Balaban J connectivity index is 1.70. The molecule has 0 aromatic heterocycles. The lowest BCUT2D eigenvalue weighted by Gasteiger charge is -2.31. The van der Waals surface area contributed by atoms with Gasteiger partial charge in [-0.15, -0.1) is 0 Å². The van der Waals surface area contributed by atoms with Crippen LogP contribution in [0.1, 0.15) is 19.3 Å². The van der Waals surface area contributed by atoms with Gasteiger partial charge in [-0.25, -0.2) is 0 Å². The first-order valence-electron chi connectivity index (χ1n) is 5.70. The first-order chi connectivity index (χ1) is 6.75. The van der Waals surface area contributed by atoms with Gasteiger partial charge < -0.3 is 14.7 Å². The molecule has 0 radical (unpaired) electrons. The van der Waals surface area contributed by atoms with E-state index in [1.54, 1.807) is 0 Å². The van der Waals surface area contributed by atoms with Gasteiger partial charge in [-0.3, -0.25) is 0 Å². The highest BCUT2D eigenvalue weighted by Crippen LogP contribution is 2.29. The third-order valence-corrected chi connectivity index (χ3v) is 3.25. The molecule has 2 fully saturated rings. The van der Waals surface area contributed by atoms with Crippen LogP contribution in [-0.4, -0.2) is 49.5 Å². The lowest BCUT2D eigenvalue weighted by atomic mass is 9.98. The van der Waals surface area contributed by atoms with Gasteiger partial charge >= 0.3 is 0 Å². The van der Waals surface area contributed by atoms with Crippen LogP contribution >= 0.6 is 0 Å². The Morgan fingerprint density at radius 1 is 1.29 bits per heavy atom. The summed E-state index contributed by atoms with van der Waals surface area (Å²) < 4.78 is 5.39. The molecule has 82 valence electrons. The summed E-state index contributed by atoms with van der Waals surface area (Å²) in [6, 6.07) is 0. The summed E-state index contributed by atoms with van der Waals surface area (Å²) in [5.74, 6) is 1.26. The lowest BCUT2D eigenvalue weighted by Crippen LogP contribution is -2.40. The molecule has 1 saturated carbocycles. The molecule has 3 nitrogen and oxygen atoms in total.